The van der Waals surface area contributed by atoms with Crippen LogP contribution in [0, 0.1) is 0 Å². The number of anilines is 1. The molecule has 0 radical (unpaired) electrons. The number of aromatic amines is 1. The summed E-state index contributed by atoms with van der Waals surface area (Å²) in [6.07, 6.45) is 5.39. The lowest BCUT2D eigenvalue weighted by atomic mass is 9.95. The molecule has 3 heterocycles. The Bertz CT molecular complexity index is 722. The van der Waals surface area contributed by atoms with Gasteiger partial charge in [-0.3, -0.25) is 9.89 Å². The summed E-state index contributed by atoms with van der Waals surface area (Å²) < 4.78 is 0. The van der Waals surface area contributed by atoms with Crippen LogP contribution in [-0.4, -0.2) is 40.6 Å². The van der Waals surface area contributed by atoms with Gasteiger partial charge in [-0.1, -0.05) is 27.2 Å². The highest BCUT2D eigenvalue weighted by Crippen LogP contribution is 2.34. The van der Waals surface area contributed by atoms with Crippen LogP contribution in [0.25, 0.3) is 10.6 Å². The average molecular weight is 375 g/mol. The predicted molar refractivity (Wildman–Crippen MR) is 109 cm³/mol. The summed E-state index contributed by atoms with van der Waals surface area (Å²) >= 11 is 1.77. The van der Waals surface area contributed by atoms with Crippen LogP contribution in [0.1, 0.15) is 57.8 Å². The van der Waals surface area contributed by atoms with Crippen molar-refractivity contribution >= 4 is 23.1 Å². The molecule has 3 rings (SSSR count). The van der Waals surface area contributed by atoms with E-state index in [1.165, 1.54) is 37.2 Å². The number of H-pyrrole nitrogens is 1. The molecule has 142 valence electrons. The zero-order valence-electron chi connectivity index (χ0n) is 16.1. The van der Waals surface area contributed by atoms with Gasteiger partial charge in [0.05, 0.1) is 10.6 Å². The normalized spacial score (nSPS) is 16.0. The molecule has 0 spiro atoms. The number of hydrogen-bond donors (Lipinski definition) is 2. The zero-order valence-corrected chi connectivity index (χ0v) is 16.9. The molecule has 0 bridgehead atoms. The second-order valence-corrected chi connectivity index (χ2v) is 9.22. The highest BCUT2D eigenvalue weighted by Gasteiger charge is 2.17. The van der Waals surface area contributed by atoms with Crippen LogP contribution in [0.4, 0.5) is 5.82 Å². The quantitative estimate of drug-likeness (QED) is 0.774. The van der Waals surface area contributed by atoms with Crippen molar-refractivity contribution in [1.29, 1.82) is 0 Å². The molecule has 0 atom stereocenters. The molecule has 6 heteroatoms. The average Bonchev–Trinajstić information content (AvgIpc) is 3.24. The maximum absolute atomic E-state index is 12.2. The Kier molecular flexibility index (Phi) is 6.14. The molecule has 26 heavy (non-hydrogen) atoms. The van der Waals surface area contributed by atoms with Crippen LogP contribution in [0.5, 0.6) is 0 Å². The van der Waals surface area contributed by atoms with Crippen molar-refractivity contribution < 1.29 is 4.79 Å². The molecule has 0 unspecified atom stereocenters. The van der Waals surface area contributed by atoms with E-state index in [0.717, 1.165) is 23.5 Å². The minimum absolute atomic E-state index is 0.0432. The van der Waals surface area contributed by atoms with Gasteiger partial charge in [-0.25, -0.2) is 0 Å². The summed E-state index contributed by atoms with van der Waals surface area (Å²) in [5.41, 5.74) is 1.10. The highest BCUT2D eigenvalue weighted by molar-refractivity contribution is 7.15. The second-order valence-electron chi connectivity index (χ2n) is 8.13. The molecule has 0 aromatic carbocycles. The molecule has 1 aliphatic heterocycles. The van der Waals surface area contributed by atoms with Crippen LogP contribution in [0.3, 0.4) is 0 Å². The summed E-state index contributed by atoms with van der Waals surface area (Å²) in [5, 5.41) is 10.2. The molecule has 1 saturated heterocycles. The smallest absolute Gasteiger partial charge is 0.225 e. The fourth-order valence-corrected chi connectivity index (χ4v) is 4.28. The predicted octanol–water partition coefficient (Wildman–Crippen LogP) is 4.64. The lowest BCUT2D eigenvalue weighted by Crippen LogP contribution is -2.31. The van der Waals surface area contributed by atoms with Gasteiger partial charge in [-0.2, -0.15) is 5.10 Å². The Morgan fingerprint density at radius 3 is 2.73 bits per heavy atom. The Balaban J connectivity index is 1.48. The number of amides is 1. The van der Waals surface area contributed by atoms with Crippen molar-refractivity contribution in [3.8, 4) is 10.6 Å². The Hall–Kier alpha value is -1.66. The van der Waals surface area contributed by atoms with Crippen LogP contribution >= 0.6 is 11.3 Å². The van der Waals surface area contributed by atoms with Gasteiger partial charge in [-0.05, 0) is 56.4 Å². The number of likely N-dealkylation sites (tertiary alicyclic amines) is 1. The standard InChI is InChI=1S/C20H30N4OS/c1-20(2,3)17-10-9-16(26-17)15-14-18(23-22-15)21-19(25)8-7-13-24-11-5-4-6-12-24/h9-10,14H,4-8,11-13H2,1-3H3,(H2,21,22,23,25). The van der Waals surface area contributed by atoms with Crippen LogP contribution in [-0.2, 0) is 10.2 Å². The third kappa shape index (κ3) is 5.17. The molecule has 0 saturated carbocycles. The Morgan fingerprint density at radius 1 is 1.27 bits per heavy atom. The fourth-order valence-electron chi connectivity index (χ4n) is 3.25. The van der Waals surface area contributed by atoms with Gasteiger partial charge in [0.15, 0.2) is 5.82 Å². The number of hydrogen-bond acceptors (Lipinski definition) is 4. The lowest BCUT2D eigenvalue weighted by Gasteiger charge is -2.26. The summed E-state index contributed by atoms with van der Waals surface area (Å²) in [7, 11) is 0. The third-order valence-electron chi connectivity index (χ3n) is 4.78. The van der Waals surface area contributed by atoms with E-state index in [1.54, 1.807) is 11.3 Å². The molecule has 1 amide bonds. The van der Waals surface area contributed by atoms with Crippen LogP contribution in [0.2, 0.25) is 0 Å². The van der Waals surface area contributed by atoms with E-state index in [2.05, 4.69) is 53.3 Å². The van der Waals surface area contributed by atoms with Crippen LogP contribution < -0.4 is 5.32 Å². The van der Waals surface area contributed by atoms with Gasteiger partial charge in [0, 0.05) is 17.4 Å². The van der Waals surface area contributed by atoms with Gasteiger partial charge in [0.1, 0.15) is 0 Å². The number of nitrogens with one attached hydrogen (secondary N) is 2. The van der Waals surface area contributed by atoms with E-state index in [1.807, 2.05) is 6.07 Å². The van der Waals surface area contributed by atoms with E-state index in [-0.39, 0.29) is 11.3 Å². The SMILES string of the molecule is CC(C)(C)c1ccc(-c2cc(NC(=O)CCCN3CCCCC3)n[nH]2)s1. The van der Waals surface area contributed by atoms with Crippen molar-refractivity contribution in [2.75, 3.05) is 25.0 Å². The summed E-state index contributed by atoms with van der Waals surface area (Å²) in [5.74, 6) is 0.648. The van der Waals surface area contributed by atoms with Gasteiger partial charge < -0.3 is 10.2 Å². The van der Waals surface area contributed by atoms with E-state index in [4.69, 9.17) is 0 Å². The molecule has 5 nitrogen and oxygen atoms in total. The minimum Gasteiger partial charge on any atom is -0.309 e. The zero-order chi connectivity index (χ0) is 18.6. The molecule has 2 aromatic heterocycles. The highest BCUT2D eigenvalue weighted by atomic mass is 32.1. The second kappa shape index (κ2) is 8.35. The van der Waals surface area contributed by atoms with E-state index in [9.17, 15) is 4.79 Å². The first-order chi connectivity index (χ1) is 12.4. The number of nitrogens with zero attached hydrogens (tertiary/aromatic N) is 2. The van der Waals surface area contributed by atoms with E-state index >= 15 is 0 Å². The van der Waals surface area contributed by atoms with Crippen molar-refractivity contribution in [2.45, 2.75) is 58.3 Å². The number of thiophene rings is 1. The molecule has 1 aliphatic rings. The van der Waals surface area contributed by atoms with Crippen molar-refractivity contribution in [3.05, 3.63) is 23.1 Å². The molecular formula is C20H30N4OS. The number of carbonyl (C=O) groups excluding carboxylic acids is 1. The molecular weight excluding hydrogens is 344 g/mol. The molecule has 2 aromatic rings. The van der Waals surface area contributed by atoms with E-state index < -0.39 is 0 Å². The number of rotatable bonds is 6. The maximum Gasteiger partial charge on any atom is 0.225 e. The molecule has 2 N–H and O–H groups in total. The van der Waals surface area contributed by atoms with E-state index in [0.29, 0.717) is 12.2 Å². The summed E-state index contributed by atoms with van der Waals surface area (Å²) in [4.78, 5) is 17.1. The first-order valence-corrected chi connectivity index (χ1v) is 10.4. The minimum atomic E-state index is 0.0432. The summed E-state index contributed by atoms with van der Waals surface area (Å²) in [6.45, 7) is 10.0. The van der Waals surface area contributed by atoms with Gasteiger partial charge in [0.2, 0.25) is 5.91 Å². The lowest BCUT2D eigenvalue weighted by molar-refractivity contribution is -0.116. The van der Waals surface area contributed by atoms with Crippen molar-refractivity contribution in [2.24, 2.45) is 0 Å². The van der Waals surface area contributed by atoms with Crippen LogP contribution in [0.15, 0.2) is 18.2 Å². The third-order valence-corrected chi connectivity index (χ3v) is 6.33. The molecule has 0 aliphatic carbocycles. The fraction of sp³-hybridized carbons (Fsp3) is 0.600. The topological polar surface area (TPSA) is 61.0 Å². The summed E-state index contributed by atoms with van der Waals surface area (Å²) in [6, 6.07) is 6.20. The number of aromatic nitrogens is 2. The van der Waals surface area contributed by atoms with Gasteiger partial charge in [-0.15, -0.1) is 11.3 Å². The number of piperidine rings is 1. The monoisotopic (exact) mass is 374 g/mol. The molecule has 1 fully saturated rings. The first-order valence-electron chi connectivity index (χ1n) is 9.60. The van der Waals surface area contributed by atoms with Gasteiger partial charge >= 0.3 is 0 Å². The van der Waals surface area contributed by atoms with Crippen molar-refractivity contribution in [1.82, 2.24) is 15.1 Å². The Morgan fingerprint density at radius 2 is 2.04 bits per heavy atom. The largest absolute Gasteiger partial charge is 0.309 e. The van der Waals surface area contributed by atoms with Crippen molar-refractivity contribution in [3.63, 3.8) is 0 Å². The Labute approximate surface area is 160 Å². The first kappa shape index (κ1) is 19.1. The number of carbonyl (C=O) groups is 1. The maximum atomic E-state index is 12.2. The van der Waals surface area contributed by atoms with Gasteiger partial charge in [0.25, 0.3) is 0 Å².